The molecule has 2 atom stereocenters. The van der Waals surface area contributed by atoms with Crippen molar-refractivity contribution in [3.8, 4) is 0 Å². The molecular formula is C9H19ClN2O3S. The lowest BCUT2D eigenvalue weighted by Gasteiger charge is -2.26. The number of ether oxygens (including phenoxy) is 1. The molecule has 2 heterocycles. The van der Waals surface area contributed by atoms with Gasteiger partial charge in [0.2, 0.25) is 10.0 Å². The normalized spacial score (nSPS) is 32.3. The molecule has 5 nitrogen and oxygen atoms in total. The Morgan fingerprint density at radius 1 is 1.31 bits per heavy atom. The lowest BCUT2D eigenvalue weighted by molar-refractivity contribution is 0.0977. The number of rotatable bonds is 2. The van der Waals surface area contributed by atoms with Crippen molar-refractivity contribution in [2.75, 3.05) is 26.3 Å². The molecule has 96 valence electrons. The fourth-order valence-electron chi connectivity index (χ4n) is 2.14. The molecule has 0 saturated carbocycles. The van der Waals surface area contributed by atoms with Crippen LogP contribution in [0.4, 0.5) is 0 Å². The first-order valence-corrected chi connectivity index (χ1v) is 6.93. The van der Waals surface area contributed by atoms with E-state index in [1.54, 1.807) is 0 Å². The molecule has 0 radical (unpaired) electrons. The van der Waals surface area contributed by atoms with Crippen molar-refractivity contribution in [3.05, 3.63) is 0 Å². The van der Waals surface area contributed by atoms with Crippen LogP contribution in [0.5, 0.6) is 0 Å². The van der Waals surface area contributed by atoms with E-state index in [9.17, 15) is 8.42 Å². The zero-order valence-corrected chi connectivity index (χ0v) is 10.8. The Morgan fingerprint density at radius 3 is 2.56 bits per heavy atom. The Balaban J connectivity index is 0.00000128. The van der Waals surface area contributed by atoms with E-state index in [-0.39, 0.29) is 23.7 Å². The molecule has 2 aliphatic heterocycles. The van der Waals surface area contributed by atoms with Crippen molar-refractivity contribution < 1.29 is 13.2 Å². The first kappa shape index (κ1) is 14.2. The molecule has 16 heavy (non-hydrogen) atoms. The summed E-state index contributed by atoms with van der Waals surface area (Å²) in [5, 5.41) is -0.350. The van der Waals surface area contributed by atoms with Gasteiger partial charge in [-0.15, -0.1) is 12.4 Å². The van der Waals surface area contributed by atoms with Crippen LogP contribution in [0.2, 0.25) is 0 Å². The van der Waals surface area contributed by atoms with E-state index in [1.807, 2.05) is 0 Å². The second-order valence-electron chi connectivity index (χ2n) is 4.29. The highest BCUT2D eigenvalue weighted by Gasteiger charge is 2.36. The molecule has 2 aliphatic rings. The van der Waals surface area contributed by atoms with Crippen molar-refractivity contribution >= 4 is 22.4 Å². The van der Waals surface area contributed by atoms with Gasteiger partial charge in [0, 0.05) is 25.7 Å². The number of hydrogen-bond donors (Lipinski definition) is 1. The van der Waals surface area contributed by atoms with Gasteiger partial charge in [-0.2, -0.15) is 4.31 Å². The van der Waals surface area contributed by atoms with Crippen molar-refractivity contribution in [1.82, 2.24) is 4.31 Å². The maximum atomic E-state index is 12.1. The summed E-state index contributed by atoms with van der Waals surface area (Å²) in [5.74, 6) is 0. The predicted octanol–water partition coefficient (Wildman–Crippen LogP) is -0.0500. The zero-order valence-electron chi connectivity index (χ0n) is 9.17. The average Bonchev–Trinajstić information content (AvgIpc) is 2.67. The van der Waals surface area contributed by atoms with Gasteiger partial charge in [-0.1, -0.05) is 0 Å². The van der Waals surface area contributed by atoms with Crippen LogP contribution in [0, 0.1) is 0 Å². The van der Waals surface area contributed by atoms with Crippen LogP contribution in [0.25, 0.3) is 0 Å². The smallest absolute Gasteiger partial charge is 0.219 e. The fourth-order valence-corrected chi connectivity index (χ4v) is 4.06. The van der Waals surface area contributed by atoms with Crippen molar-refractivity contribution in [3.63, 3.8) is 0 Å². The first-order valence-electron chi connectivity index (χ1n) is 5.43. The largest absolute Gasteiger partial charge is 0.380 e. The molecule has 2 saturated heterocycles. The third-order valence-corrected chi connectivity index (χ3v) is 5.35. The van der Waals surface area contributed by atoms with Gasteiger partial charge in [-0.05, 0) is 19.3 Å². The molecule has 2 N–H and O–H groups in total. The molecule has 0 aliphatic carbocycles. The van der Waals surface area contributed by atoms with Gasteiger partial charge < -0.3 is 10.5 Å². The van der Waals surface area contributed by atoms with Crippen LogP contribution in [0.15, 0.2) is 0 Å². The van der Waals surface area contributed by atoms with E-state index < -0.39 is 10.0 Å². The zero-order chi connectivity index (χ0) is 10.9. The predicted molar refractivity (Wildman–Crippen MR) is 64.2 cm³/mol. The lowest BCUT2D eigenvalue weighted by atomic mass is 10.2. The Kier molecular flexibility index (Phi) is 5.00. The van der Waals surface area contributed by atoms with Gasteiger partial charge in [-0.25, -0.2) is 8.42 Å². The van der Waals surface area contributed by atoms with E-state index in [2.05, 4.69) is 0 Å². The number of nitrogens with two attached hydrogens (primary N) is 1. The highest BCUT2D eigenvalue weighted by atomic mass is 35.5. The summed E-state index contributed by atoms with van der Waals surface area (Å²) in [6.45, 7) is 2.07. The average molecular weight is 271 g/mol. The maximum Gasteiger partial charge on any atom is 0.219 e. The third kappa shape index (κ3) is 2.87. The molecule has 0 spiro atoms. The van der Waals surface area contributed by atoms with E-state index in [1.165, 1.54) is 4.31 Å². The standard InChI is InChI=1S/C9H18N2O3S.ClH/c10-8-3-4-11(6-8)15(12,13)9-2-1-5-14-7-9;/h8-9H,1-7,10H2;1H/t8-,9?;/m1./s1. The van der Waals surface area contributed by atoms with Crippen LogP contribution < -0.4 is 5.73 Å². The van der Waals surface area contributed by atoms with E-state index in [0.717, 1.165) is 12.8 Å². The van der Waals surface area contributed by atoms with Crippen LogP contribution in [0.1, 0.15) is 19.3 Å². The summed E-state index contributed by atoms with van der Waals surface area (Å²) >= 11 is 0. The van der Waals surface area contributed by atoms with Crippen LogP contribution >= 0.6 is 12.4 Å². The molecule has 2 fully saturated rings. The third-order valence-electron chi connectivity index (χ3n) is 3.09. The quantitative estimate of drug-likeness (QED) is 0.764. The minimum atomic E-state index is -3.17. The second-order valence-corrected chi connectivity index (χ2v) is 6.50. The highest BCUT2D eigenvalue weighted by Crippen LogP contribution is 2.21. The van der Waals surface area contributed by atoms with Crippen LogP contribution in [0.3, 0.4) is 0 Å². The number of halogens is 1. The topological polar surface area (TPSA) is 72.6 Å². The summed E-state index contributed by atoms with van der Waals surface area (Å²) in [6, 6.07) is 0.00397. The molecule has 0 amide bonds. The summed E-state index contributed by atoms with van der Waals surface area (Å²) in [5.41, 5.74) is 5.71. The van der Waals surface area contributed by atoms with Gasteiger partial charge in [0.25, 0.3) is 0 Å². The first-order chi connectivity index (χ1) is 7.10. The maximum absolute atomic E-state index is 12.1. The molecule has 0 aromatic rings. The van der Waals surface area contributed by atoms with Gasteiger partial charge in [0.15, 0.2) is 0 Å². The van der Waals surface area contributed by atoms with Crippen LogP contribution in [-0.2, 0) is 14.8 Å². The number of hydrogen-bond acceptors (Lipinski definition) is 4. The lowest BCUT2D eigenvalue weighted by Crippen LogP contribution is -2.42. The monoisotopic (exact) mass is 270 g/mol. The summed E-state index contributed by atoms with van der Waals surface area (Å²) in [6.07, 6.45) is 2.32. The number of sulfonamides is 1. The molecule has 2 rings (SSSR count). The van der Waals surface area contributed by atoms with E-state index in [4.69, 9.17) is 10.5 Å². The SMILES string of the molecule is Cl.N[C@@H]1CCN(S(=O)(=O)C2CCCOC2)C1. The Labute approximate surface area is 103 Å². The van der Waals surface area contributed by atoms with Crippen molar-refractivity contribution in [2.24, 2.45) is 5.73 Å². The molecule has 0 aromatic heterocycles. The Bertz CT molecular complexity index is 306. The van der Waals surface area contributed by atoms with Gasteiger partial charge in [0.1, 0.15) is 0 Å². The minimum absolute atomic E-state index is 0. The molecule has 7 heteroatoms. The van der Waals surface area contributed by atoms with E-state index in [0.29, 0.717) is 32.7 Å². The van der Waals surface area contributed by atoms with Crippen LogP contribution in [-0.4, -0.2) is 50.3 Å². The highest BCUT2D eigenvalue weighted by molar-refractivity contribution is 7.89. The molecular weight excluding hydrogens is 252 g/mol. The van der Waals surface area contributed by atoms with Crippen molar-refractivity contribution in [2.45, 2.75) is 30.6 Å². The van der Waals surface area contributed by atoms with Gasteiger partial charge in [-0.3, -0.25) is 0 Å². The Hall–Kier alpha value is 0.120. The van der Waals surface area contributed by atoms with Gasteiger partial charge in [0.05, 0.1) is 11.9 Å². The summed E-state index contributed by atoms with van der Waals surface area (Å²) < 4.78 is 31.0. The van der Waals surface area contributed by atoms with Crippen molar-refractivity contribution in [1.29, 1.82) is 0 Å². The van der Waals surface area contributed by atoms with E-state index >= 15 is 0 Å². The summed E-state index contributed by atoms with van der Waals surface area (Å²) in [4.78, 5) is 0. The number of nitrogens with zero attached hydrogens (tertiary/aromatic N) is 1. The molecule has 0 bridgehead atoms. The molecule has 0 aromatic carbocycles. The summed E-state index contributed by atoms with van der Waals surface area (Å²) in [7, 11) is -3.17. The second kappa shape index (κ2) is 5.64. The molecule has 1 unspecified atom stereocenters. The Morgan fingerprint density at radius 2 is 2.06 bits per heavy atom. The minimum Gasteiger partial charge on any atom is -0.380 e. The fraction of sp³-hybridized carbons (Fsp3) is 1.00. The van der Waals surface area contributed by atoms with Gasteiger partial charge >= 0.3 is 0 Å².